The van der Waals surface area contributed by atoms with Crippen LogP contribution in [0.5, 0.6) is 28.7 Å². The second-order valence-corrected chi connectivity index (χ2v) is 12.5. The van der Waals surface area contributed by atoms with E-state index in [9.17, 15) is 55.9 Å². The Bertz CT molecular complexity index is 1790. The minimum atomic E-state index is -1.85. The maximum atomic E-state index is 12.4. The van der Waals surface area contributed by atoms with Crippen molar-refractivity contribution >= 4 is 18.1 Å². The average Bonchev–Trinajstić information content (AvgIpc) is 3.14. The average molecular weight is 743 g/mol. The van der Waals surface area contributed by atoms with Gasteiger partial charge in [0.2, 0.25) is 12.6 Å². The highest BCUT2D eigenvalue weighted by Crippen LogP contribution is 2.46. The summed E-state index contributed by atoms with van der Waals surface area (Å²) in [6.45, 7) is -1.29. The van der Waals surface area contributed by atoms with Crippen LogP contribution >= 0.6 is 0 Å². The van der Waals surface area contributed by atoms with Gasteiger partial charge in [0.25, 0.3) is 0 Å². The molecule has 17 nitrogen and oxygen atoms in total. The van der Waals surface area contributed by atoms with Gasteiger partial charge >= 0.3 is 5.97 Å². The highest BCUT2D eigenvalue weighted by molar-refractivity contribution is 5.87. The molecule has 284 valence electrons. The molecule has 3 aliphatic rings. The van der Waals surface area contributed by atoms with Crippen molar-refractivity contribution in [1.82, 2.24) is 0 Å². The number of hydrogen-bond donors (Lipinski definition) is 10. The fraction of sp³-hybridized carbons (Fsp3) is 0.361. The highest BCUT2D eigenvalue weighted by atomic mass is 16.7. The first kappa shape index (κ1) is 37.8. The van der Waals surface area contributed by atoms with E-state index in [2.05, 4.69) is 0 Å². The third kappa shape index (κ3) is 8.33. The van der Waals surface area contributed by atoms with Gasteiger partial charge in [0, 0.05) is 23.8 Å². The standard InChI is InChI=1S/C36H38O17/c37-14-25-28(42)30(44)32(46)36(52-25)51-24-13-21-22(49-34(24)17-4-8-19(39)9-5-17)11-20(40)12-23(21)50-35-33(47)31(45)29(43)26(53-35)15-48-27(41)10-3-16-1-6-18(38)7-2-16/h1-13,25-26,28-40,42-47H,14-15H2. The number of phenols is 3. The molecule has 0 bridgehead atoms. The predicted molar refractivity (Wildman–Crippen MR) is 178 cm³/mol. The van der Waals surface area contributed by atoms with Gasteiger partial charge in [0.15, 0.2) is 6.10 Å². The van der Waals surface area contributed by atoms with Crippen LogP contribution in [0.3, 0.4) is 0 Å². The summed E-state index contributed by atoms with van der Waals surface area (Å²) in [6, 6.07) is 14.1. The summed E-state index contributed by atoms with van der Waals surface area (Å²) >= 11 is 0. The normalized spacial score (nSPS) is 31.2. The lowest BCUT2D eigenvalue weighted by atomic mass is 9.98. The van der Waals surface area contributed by atoms with Crippen LogP contribution in [-0.2, 0) is 23.7 Å². The lowest BCUT2D eigenvalue weighted by Gasteiger charge is -2.41. The molecule has 11 atom stereocenters. The Balaban J connectivity index is 1.25. The Kier molecular flexibility index (Phi) is 11.4. The van der Waals surface area contributed by atoms with Crippen LogP contribution in [0.1, 0.15) is 22.8 Å². The highest BCUT2D eigenvalue weighted by Gasteiger charge is 2.47. The van der Waals surface area contributed by atoms with Gasteiger partial charge in [0.1, 0.15) is 89.9 Å². The maximum absolute atomic E-state index is 12.4. The fourth-order valence-electron chi connectivity index (χ4n) is 5.84. The Morgan fingerprint density at radius 2 is 1.28 bits per heavy atom. The first-order chi connectivity index (χ1) is 25.3. The molecule has 11 unspecified atom stereocenters. The van der Waals surface area contributed by atoms with Gasteiger partial charge in [-0.3, -0.25) is 0 Å². The van der Waals surface area contributed by atoms with Crippen LogP contribution in [0.25, 0.3) is 12.2 Å². The molecular weight excluding hydrogens is 704 g/mol. The first-order valence-electron chi connectivity index (χ1n) is 16.3. The molecule has 10 N–H and O–H groups in total. The molecule has 0 aliphatic carbocycles. The maximum Gasteiger partial charge on any atom is 0.330 e. The molecule has 3 heterocycles. The van der Waals surface area contributed by atoms with Gasteiger partial charge in [-0.1, -0.05) is 24.3 Å². The smallest absolute Gasteiger partial charge is 0.330 e. The zero-order chi connectivity index (χ0) is 38.0. The van der Waals surface area contributed by atoms with Crippen molar-refractivity contribution in [2.24, 2.45) is 0 Å². The van der Waals surface area contributed by atoms with Crippen molar-refractivity contribution in [3.63, 3.8) is 0 Å². The van der Waals surface area contributed by atoms with Gasteiger partial charge in [0.05, 0.1) is 12.2 Å². The van der Waals surface area contributed by atoms with E-state index in [0.29, 0.717) is 11.1 Å². The van der Waals surface area contributed by atoms with Gasteiger partial charge < -0.3 is 79.5 Å². The molecule has 0 amide bonds. The van der Waals surface area contributed by atoms with Crippen molar-refractivity contribution in [2.75, 3.05) is 13.2 Å². The molecule has 0 radical (unpaired) electrons. The number of phenolic OH excluding ortho intramolecular Hbond substituents is 3. The second-order valence-electron chi connectivity index (χ2n) is 12.5. The minimum Gasteiger partial charge on any atom is -0.508 e. The minimum absolute atomic E-state index is 0.0102. The van der Waals surface area contributed by atoms with Crippen LogP contribution in [0, 0.1) is 0 Å². The Morgan fingerprint density at radius 1 is 0.698 bits per heavy atom. The number of fused-ring (bicyclic) bond motifs is 1. The lowest BCUT2D eigenvalue weighted by molar-refractivity contribution is -0.293. The Hall–Kier alpha value is -4.95. The SMILES string of the molecule is O=C(C=Cc1ccc(O)cc1)OCC1OC(Oc2cc(O)cc3c2C=C(OC2OC(CO)C(O)C(O)C2O)C(c2ccc(O)cc2)O3)C(O)C(O)C1O. The van der Waals surface area contributed by atoms with Crippen molar-refractivity contribution in [3.05, 3.63) is 89.2 Å². The van der Waals surface area contributed by atoms with E-state index < -0.39 is 86.7 Å². The lowest BCUT2D eigenvalue weighted by Crippen LogP contribution is -2.60. The number of carbonyl (C=O) groups is 1. The molecule has 2 saturated heterocycles. The van der Waals surface area contributed by atoms with E-state index in [1.165, 1.54) is 54.6 Å². The largest absolute Gasteiger partial charge is 0.508 e. The van der Waals surface area contributed by atoms with Gasteiger partial charge in [-0.25, -0.2) is 4.79 Å². The molecule has 0 spiro atoms. The van der Waals surface area contributed by atoms with Crippen LogP contribution in [-0.4, -0.2) is 132 Å². The summed E-state index contributed by atoms with van der Waals surface area (Å²) in [5.74, 6) is -1.47. The topological polar surface area (TPSA) is 275 Å². The molecular formula is C36H38O17. The molecule has 3 aromatic carbocycles. The number of aromatic hydroxyl groups is 3. The number of aliphatic hydroxyl groups is 7. The summed E-state index contributed by atoms with van der Waals surface area (Å²) in [4.78, 5) is 12.4. The fourth-order valence-corrected chi connectivity index (χ4v) is 5.84. The molecule has 3 aromatic rings. The number of benzene rings is 3. The monoisotopic (exact) mass is 742 g/mol. The molecule has 3 aliphatic heterocycles. The number of carbonyl (C=O) groups excluding carboxylic acids is 1. The molecule has 0 aromatic heterocycles. The van der Waals surface area contributed by atoms with E-state index in [4.69, 9.17) is 28.4 Å². The molecule has 2 fully saturated rings. The number of rotatable bonds is 10. The van der Waals surface area contributed by atoms with Gasteiger partial charge in [-0.05, 0) is 42.0 Å². The first-order valence-corrected chi connectivity index (χ1v) is 16.3. The molecule has 17 heteroatoms. The van der Waals surface area contributed by atoms with Crippen molar-refractivity contribution in [2.45, 2.75) is 67.5 Å². The summed E-state index contributed by atoms with van der Waals surface area (Å²) in [5.41, 5.74) is 1.08. The summed E-state index contributed by atoms with van der Waals surface area (Å²) in [6.07, 6.45) is -13.9. The van der Waals surface area contributed by atoms with Gasteiger partial charge in [-0.2, -0.15) is 0 Å². The molecule has 0 saturated carbocycles. The Morgan fingerprint density at radius 3 is 1.92 bits per heavy atom. The van der Waals surface area contributed by atoms with Crippen molar-refractivity contribution in [1.29, 1.82) is 0 Å². The summed E-state index contributed by atoms with van der Waals surface area (Å²) in [5, 5.41) is 103. The van der Waals surface area contributed by atoms with Crippen LogP contribution in [0.4, 0.5) is 0 Å². The predicted octanol–water partition coefficient (Wildman–Crippen LogP) is -0.463. The number of esters is 1. The number of aliphatic hydroxyl groups excluding tert-OH is 7. The van der Waals surface area contributed by atoms with Crippen LogP contribution < -0.4 is 9.47 Å². The number of ether oxygens (including phenoxy) is 6. The van der Waals surface area contributed by atoms with Crippen molar-refractivity contribution < 1.29 is 84.3 Å². The summed E-state index contributed by atoms with van der Waals surface area (Å²) in [7, 11) is 0. The van der Waals surface area contributed by atoms with E-state index in [1.807, 2.05) is 0 Å². The zero-order valence-corrected chi connectivity index (χ0v) is 27.6. The van der Waals surface area contributed by atoms with Crippen LogP contribution in [0.2, 0.25) is 0 Å². The molecule has 53 heavy (non-hydrogen) atoms. The van der Waals surface area contributed by atoms with Gasteiger partial charge in [-0.15, -0.1) is 0 Å². The van der Waals surface area contributed by atoms with E-state index >= 15 is 0 Å². The third-order valence-corrected chi connectivity index (χ3v) is 8.78. The van der Waals surface area contributed by atoms with E-state index in [0.717, 1.165) is 12.1 Å². The van der Waals surface area contributed by atoms with E-state index in [1.54, 1.807) is 12.1 Å². The Labute approximate surface area is 301 Å². The van der Waals surface area contributed by atoms with Crippen LogP contribution in [0.15, 0.2) is 72.5 Å². The third-order valence-electron chi connectivity index (χ3n) is 8.78. The van der Waals surface area contributed by atoms with E-state index in [-0.39, 0.29) is 40.1 Å². The molecule has 6 rings (SSSR count). The summed E-state index contributed by atoms with van der Waals surface area (Å²) < 4.78 is 34.5. The second kappa shape index (κ2) is 16.0. The number of hydrogen-bond acceptors (Lipinski definition) is 17. The van der Waals surface area contributed by atoms with Crippen molar-refractivity contribution in [3.8, 4) is 28.7 Å². The quantitative estimate of drug-likeness (QED) is 0.0929. The zero-order valence-electron chi connectivity index (χ0n) is 27.6.